The van der Waals surface area contributed by atoms with Crippen LogP contribution in [0.4, 0.5) is 11.4 Å². The number of aromatic nitrogens is 1. The minimum Gasteiger partial charge on any atom is -0.343 e. The van der Waals surface area contributed by atoms with Gasteiger partial charge < -0.3 is 10.6 Å². The smallest absolute Gasteiger partial charge is 0.262 e. The van der Waals surface area contributed by atoms with Crippen LogP contribution in [0.15, 0.2) is 71.9 Å². The number of hydrogen-bond donors (Lipinski definition) is 3. The maximum Gasteiger partial charge on any atom is 0.262 e. The number of nitrogens with one attached hydrogen (secondary N) is 3. The summed E-state index contributed by atoms with van der Waals surface area (Å²) < 4.78 is 28.3. The Hall–Kier alpha value is -3.72. The largest absolute Gasteiger partial charge is 0.343 e. The number of pyridine rings is 1. The molecular formula is C22H22N4O4S. The first-order valence-electron chi connectivity index (χ1n) is 9.43. The third-order valence-corrected chi connectivity index (χ3v) is 5.91. The highest BCUT2D eigenvalue weighted by molar-refractivity contribution is 7.92. The van der Waals surface area contributed by atoms with Crippen molar-refractivity contribution in [3.63, 3.8) is 0 Å². The standard InChI is InChI=1S/C22H22N4O4S/c1-15-9-10-16(2)20(12-15)31(29,30)26-19-8-4-3-7-18(19)22(28)24-14-21(27)25-17-6-5-11-23-13-17/h3-13,26H,14H2,1-2H3,(H,24,28)(H,25,27). The van der Waals surface area contributed by atoms with Gasteiger partial charge in [-0.05, 0) is 55.3 Å². The quantitative estimate of drug-likeness (QED) is 0.524. The van der Waals surface area contributed by atoms with E-state index in [1.165, 1.54) is 18.3 Å². The second kappa shape index (κ2) is 9.40. The molecule has 0 aliphatic carbocycles. The molecule has 3 rings (SSSR count). The van der Waals surface area contributed by atoms with Gasteiger partial charge in [0.05, 0.1) is 34.6 Å². The van der Waals surface area contributed by atoms with Gasteiger partial charge in [-0.25, -0.2) is 8.42 Å². The molecule has 160 valence electrons. The number of hydrogen-bond acceptors (Lipinski definition) is 5. The van der Waals surface area contributed by atoms with Crippen molar-refractivity contribution in [1.29, 1.82) is 0 Å². The van der Waals surface area contributed by atoms with Crippen molar-refractivity contribution < 1.29 is 18.0 Å². The minimum absolute atomic E-state index is 0.102. The van der Waals surface area contributed by atoms with Crippen LogP contribution in [0, 0.1) is 13.8 Å². The molecule has 0 unspecified atom stereocenters. The van der Waals surface area contributed by atoms with Crippen LogP contribution in [0.5, 0.6) is 0 Å². The highest BCUT2D eigenvalue weighted by atomic mass is 32.2. The van der Waals surface area contributed by atoms with Crippen molar-refractivity contribution in [2.45, 2.75) is 18.7 Å². The van der Waals surface area contributed by atoms with Gasteiger partial charge in [0.15, 0.2) is 0 Å². The number of anilines is 2. The number of aryl methyl sites for hydroxylation is 2. The van der Waals surface area contributed by atoms with Crippen molar-refractivity contribution in [1.82, 2.24) is 10.3 Å². The van der Waals surface area contributed by atoms with Gasteiger partial charge in [-0.3, -0.25) is 19.3 Å². The lowest BCUT2D eigenvalue weighted by Crippen LogP contribution is -2.33. The van der Waals surface area contributed by atoms with Crippen molar-refractivity contribution >= 4 is 33.2 Å². The third-order valence-electron chi connectivity index (χ3n) is 4.40. The lowest BCUT2D eigenvalue weighted by Gasteiger charge is -2.14. The van der Waals surface area contributed by atoms with E-state index in [2.05, 4.69) is 20.3 Å². The fraction of sp³-hybridized carbons (Fsp3) is 0.136. The number of carbonyl (C=O) groups excluding carboxylic acids is 2. The molecule has 8 nitrogen and oxygen atoms in total. The van der Waals surface area contributed by atoms with Gasteiger partial charge in [0.2, 0.25) is 5.91 Å². The molecule has 0 aliphatic heterocycles. The van der Waals surface area contributed by atoms with E-state index in [4.69, 9.17) is 0 Å². The lowest BCUT2D eigenvalue weighted by atomic mass is 10.1. The summed E-state index contributed by atoms with van der Waals surface area (Å²) in [5, 5.41) is 5.11. The van der Waals surface area contributed by atoms with E-state index in [9.17, 15) is 18.0 Å². The predicted molar refractivity (Wildman–Crippen MR) is 118 cm³/mol. The summed E-state index contributed by atoms with van der Waals surface area (Å²) in [6.07, 6.45) is 3.06. The number of nitrogens with zero attached hydrogens (tertiary/aromatic N) is 1. The van der Waals surface area contributed by atoms with Gasteiger partial charge >= 0.3 is 0 Å². The average Bonchev–Trinajstić information content (AvgIpc) is 2.74. The fourth-order valence-electron chi connectivity index (χ4n) is 2.86. The molecule has 3 N–H and O–H groups in total. The normalized spacial score (nSPS) is 10.9. The van der Waals surface area contributed by atoms with Gasteiger partial charge in [0, 0.05) is 6.20 Å². The fourth-order valence-corrected chi connectivity index (χ4v) is 4.27. The van der Waals surface area contributed by atoms with E-state index < -0.39 is 21.8 Å². The molecular weight excluding hydrogens is 416 g/mol. The summed E-state index contributed by atoms with van der Waals surface area (Å²) in [4.78, 5) is 28.7. The molecule has 0 saturated heterocycles. The molecule has 31 heavy (non-hydrogen) atoms. The molecule has 2 aromatic carbocycles. The van der Waals surface area contributed by atoms with E-state index in [1.54, 1.807) is 56.4 Å². The SMILES string of the molecule is Cc1ccc(C)c(S(=O)(=O)Nc2ccccc2C(=O)NCC(=O)Nc2cccnc2)c1. The Labute approximate surface area is 180 Å². The van der Waals surface area contributed by atoms with Crippen LogP contribution >= 0.6 is 0 Å². The Balaban J connectivity index is 1.73. The first-order chi connectivity index (χ1) is 14.8. The molecule has 1 aromatic heterocycles. The first-order valence-corrected chi connectivity index (χ1v) is 10.9. The van der Waals surface area contributed by atoms with Crippen LogP contribution in [-0.4, -0.2) is 31.8 Å². The molecule has 9 heteroatoms. The van der Waals surface area contributed by atoms with Gasteiger partial charge in [0.25, 0.3) is 15.9 Å². The number of benzene rings is 2. The number of carbonyl (C=O) groups is 2. The third kappa shape index (κ3) is 5.67. The van der Waals surface area contributed by atoms with Crippen molar-refractivity contribution in [3.05, 3.63) is 83.7 Å². The van der Waals surface area contributed by atoms with Crippen LogP contribution in [0.1, 0.15) is 21.5 Å². The topological polar surface area (TPSA) is 117 Å². The number of rotatable bonds is 7. The molecule has 0 atom stereocenters. The number of para-hydroxylation sites is 1. The summed E-state index contributed by atoms with van der Waals surface area (Å²) in [5.74, 6) is -1.02. The Morgan fingerprint density at radius 3 is 2.52 bits per heavy atom. The zero-order valence-electron chi connectivity index (χ0n) is 17.0. The molecule has 0 saturated carbocycles. The summed E-state index contributed by atoms with van der Waals surface area (Å²) in [5.41, 5.74) is 2.12. The highest BCUT2D eigenvalue weighted by Crippen LogP contribution is 2.23. The summed E-state index contributed by atoms with van der Waals surface area (Å²) in [6, 6.07) is 14.7. The maximum atomic E-state index is 12.9. The maximum absolute atomic E-state index is 12.9. The van der Waals surface area contributed by atoms with Gasteiger partial charge in [0.1, 0.15) is 0 Å². The van der Waals surface area contributed by atoms with Gasteiger partial charge in [-0.1, -0.05) is 24.3 Å². The van der Waals surface area contributed by atoms with Crippen molar-refractivity contribution in [2.24, 2.45) is 0 Å². The van der Waals surface area contributed by atoms with Crippen LogP contribution in [-0.2, 0) is 14.8 Å². The minimum atomic E-state index is -3.91. The Kier molecular flexibility index (Phi) is 6.66. The zero-order chi connectivity index (χ0) is 22.4. The Morgan fingerprint density at radius 1 is 1.00 bits per heavy atom. The molecule has 0 spiro atoms. The van der Waals surface area contributed by atoms with Crippen molar-refractivity contribution in [2.75, 3.05) is 16.6 Å². The molecule has 0 fully saturated rings. The van der Waals surface area contributed by atoms with Crippen LogP contribution < -0.4 is 15.4 Å². The van der Waals surface area contributed by atoms with E-state index in [1.807, 2.05) is 6.07 Å². The van der Waals surface area contributed by atoms with E-state index in [0.717, 1.165) is 5.56 Å². The predicted octanol–water partition coefficient (Wildman–Crippen LogP) is 2.87. The van der Waals surface area contributed by atoms with E-state index in [-0.39, 0.29) is 22.7 Å². The summed E-state index contributed by atoms with van der Waals surface area (Å²) >= 11 is 0. The van der Waals surface area contributed by atoms with E-state index >= 15 is 0 Å². The first kappa shape index (κ1) is 22.0. The molecule has 0 aliphatic rings. The lowest BCUT2D eigenvalue weighted by molar-refractivity contribution is -0.115. The van der Waals surface area contributed by atoms with Crippen LogP contribution in [0.3, 0.4) is 0 Å². The number of sulfonamides is 1. The molecule has 0 bridgehead atoms. The second-order valence-corrected chi connectivity index (χ2v) is 8.54. The summed E-state index contributed by atoms with van der Waals surface area (Å²) in [6.45, 7) is 3.22. The monoisotopic (exact) mass is 438 g/mol. The highest BCUT2D eigenvalue weighted by Gasteiger charge is 2.20. The second-order valence-electron chi connectivity index (χ2n) is 6.89. The Morgan fingerprint density at radius 2 is 1.77 bits per heavy atom. The summed E-state index contributed by atoms with van der Waals surface area (Å²) in [7, 11) is -3.91. The van der Waals surface area contributed by atoms with E-state index in [0.29, 0.717) is 11.3 Å². The van der Waals surface area contributed by atoms with Crippen molar-refractivity contribution in [3.8, 4) is 0 Å². The average molecular weight is 439 g/mol. The molecule has 2 amide bonds. The van der Waals surface area contributed by atoms with Crippen LogP contribution in [0.25, 0.3) is 0 Å². The molecule has 0 radical (unpaired) electrons. The van der Waals surface area contributed by atoms with Crippen LogP contribution in [0.2, 0.25) is 0 Å². The molecule has 1 heterocycles. The van der Waals surface area contributed by atoms with Gasteiger partial charge in [-0.2, -0.15) is 0 Å². The Bertz CT molecular complexity index is 1210. The zero-order valence-corrected chi connectivity index (χ0v) is 17.9. The molecule has 3 aromatic rings. The van der Waals surface area contributed by atoms with Gasteiger partial charge in [-0.15, -0.1) is 0 Å². The number of amides is 2.